The molecule has 2 N–H and O–H groups in total. The number of Topliss-reactive ketones (excluding diaryl/α,β-unsaturated/α-hetero) is 1. The number of aryl methyl sites for hydroxylation is 1. The number of nitrogens with one attached hydrogen (secondary N) is 2. The molecule has 1 aliphatic carbocycles. The number of amides is 1. The van der Waals surface area contributed by atoms with Crippen LogP contribution < -0.4 is 10.6 Å². The van der Waals surface area contributed by atoms with Gasteiger partial charge in [-0.3, -0.25) is 14.3 Å². The normalized spacial score (nSPS) is 19.2. The fraction of sp³-hybridized carbons (Fsp3) is 0.333. The molecule has 3 heterocycles. The minimum Gasteiger partial charge on any atom is -0.362 e. The molecule has 4 rings (SSSR count). The average Bonchev–Trinajstić information content (AvgIpc) is 3.01. The summed E-state index contributed by atoms with van der Waals surface area (Å²) in [5, 5.41) is 10.6. The van der Waals surface area contributed by atoms with Crippen molar-refractivity contribution in [3.05, 3.63) is 62.8 Å². The van der Waals surface area contributed by atoms with Crippen molar-refractivity contribution in [3.63, 3.8) is 0 Å². The Bertz CT molecular complexity index is 1070. The van der Waals surface area contributed by atoms with Gasteiger partial charge < -0.3 is 10.6 Å². The van der Waals surface area contributed by atoms with Gasteiger partial charge in [0.2, 0.25) is 0 Å². The number of pyridine rings is 1. The van der Waals surface area contributed by atoms with Crippen molar-refractivity contribution in [2.75, 3.05) is 5.32 Å². The maximum absolute atomic E-state index is 13.3. The second kappa shape index (κ2) is 7.59. The molecule has 1 amide bonds. The number of rotatable bonds is 3. The first-order valence-corrected chi connectivity index (χ1v) is 10.3. The van der Waals surface area contributed by atoms with Crippen LogP contribution in [0, 0.1) is 6.92 Å². The number of anilines is 1. The molecule has 0 spiro atoms. The number of carbonyl (C=O) groups is 2. The number of halogens is 1. The van der Waals surface area contributed by atoms with Crippen LogP contribution in [0.1, 0.15) is 43.4 Å². The highest BCUT2D eigenvalue weighted by molar-refractivity contribution is 9.10. The summed E-state index contributed by atoms with van der Waals surface area (Å²) in [7, 11) is 1.86. The van der Waals surface area contributed by atoms with Crippen LogP contribution in [-0.2, 0) is 16.6 Å². The fourth-order valence-electron chi connectivity index (χ4n) is 4.03. The average molecular weight is 456 g/mol. The van der Waals surface area contributed by atoms with Crippen LogP contribution in [0.5, 0.6) is 0 Å². The van der Waals surface area contributed by atoms with Crippen LogP contribution in [0.15, 0.2) is 51.5 Å². The summed E-state index contributed by atoms with van der Waals surface area (Å²) in [5.74, 6) is -0.173. The number of hydrogen-bond acceptors (Lipinski definition) is 5. The van der Waals surface area contributed by atoms with Gasteiger partial charge in [0.1, 0.15) is 5.82 Å². The number of allylic oxidation sites excluding steroid dienone is 3. The number of hydrogen-bond donors (Lipinski definition) is 2. The van der Waals surface area contributed by atoms with Gasteiger partial charge in [-0.25, -0.2) is 4.98 Å². The molecule has 1 atom stereocenters. The Balaban J connectivity index is 1.79. The van der Waals surface area contributed by atoms with E-state index in [1.165, 1.54) is 0 Å². The standard InChI is InChI=1S/C21H22BrN5O2/c1-11-18(21(29)26-17-8-7-13(22)9-23-17)19(14-10-24-27(3)12(14)2)20-15(25-11)5-4-6-16(20)28/h7-10,19,25H,4-6H2,1-3H3,(H,23,26,29). The van der Waals surface area contributed by atoms with Crippen molar-refractivity contribution >= 4 is 33.4 Å². The lowest BCUT2D eigenvalue weighted by atomic mass is 9.75. The molecule has 29 heavy (non-hydrogen) atoms. The minimum absolute atomic E-state index is 0.0894. The van der Waals surface area contributed by atoms with E-state index in [1.807, 2.05) is 27.0 Å². The van der Waals surface area contributed by atoms with Gasteiger partial charge in [0.05, 0.1) is 6.20 Å². The molecule has 8 heteroatoms. The van der Waals surface area contributed by atoms with E-state index in [1.54, 1.807) is 23.1 Å². The molecule has 150 valence electrons. The van der Waals surface area contributed by atoms with E-state index in [0.717, 1.165) is 40.0 Å². The highest BCUT2D eigenvalue weighted by Gasteiger charge is 2.39. The summed E-state index contributed by atoms with van der Waals surface area (Å²) in [6.45, 7) is 3.84. The zero-order valence-electron chi connectivity index (χ0n) is 16.5. The number of dihydropyridines is 1. The first kappa shape index (κ1) is 19.6. The lowest BCUT2D eigenvalue weighted by Gasteiger charge is -2.34. The van der Waals surface area contributed by atoms with Crippen LogP contribution in [0.25, 0.3) is 0 Å². The van der Waals surface area contributed by atoms with Crippen LogP contribution in [0.3, 0.4) is 0 Å². The van der Waals surface area contributed by atoms with Gasteiger partial charge in [0, 0.05) is 63.9 Å². The van der Waals surface area contributed by atoms with E-state index >= 15 is 0 Å². The quantitative estimate of drug-likeness (QED) is 0.738. The summed E-state index contributed by atoms with van der Waals surface area (Å²) in [4.78, 5) is 30.5. The summed E-state index contributed by atoms with van der Waals surface area (Å²) in [6, 6.07) is 3.55. The summed E-state index contributed by atoms with van der Waals surface area (Å²) < 4.78 is 2.60. The van der Waals surface area contributed by atoms with E-state index in [4.69, 9.17) is 0 Å². The number of aromatic nitrogens is 3. The number of carbonyl (C=O) groups excluding carboxylic acids is 2. The van der Waals surface area contributed by atoms with E-state index in [2.05, 4.69) is 36.6 Å². The molecular formula is C21H22BrN5O2. The molecule has 2 aromatic rings. The van der Waals surface area contributed by atoms with E-state index in [-0.39, 0.29) is 11.7 Å². The Labute approximate surface area is 177 Å². The molecule has 2 aromatic heterocycles. The van der Waals surface area contributed by atoms with Gasteiger partial charge in [-0.1, -0.05) is 0 Å². The second-order valence-corrected chi connectivity index (χ2v) is 8.31. The van der Waals surface area contributed by atoms with Crippen molar-refractivity contribution in [1.82, 2.24) is 20.1 Å². The highest BCUT2D eigenvalue weighted by atomic mass is 79.9. The minimum atomic E-state index is -0.441. The third-order valence-corrected chi connectivity index (χ3v) is 6.04. The summed E-state index contributed by atoms with van der Waals surface area (Å²) >= 11 is 3.35. The largest absolute Gasteiger partial charge is 0.362 e. The van der Waals surface area contributed by atoms with Gasteiger partial charge >= 0.3 is 0 Å². The molecule has 2 aliphatic rings. The molecule has 0 aromatic carbocycles. The maximum atomic E-state index is 13.3. The van der Waals surface area contributed by atoms with Gasteiger partial charge in [0.25, 0.3) is 5.91 Å². The lowest BCUT2D eigenvalue weighted by molar-refractivity contribution is -0.116. The molecule has 7 nitrogen and oxygen atoms in total. The molecule has 0 radical (unpaired) electrons. The molecule has 1 unspecified atom stereocenters. The van der Waals surface area contributed by atoms with Gasteiger partial charge in [-0.05, 0) is 54.8 Å². The third kappa shape index (κ3) is 3.53. The van der Waals surface area contributed by atoms with Crippen molar-refractivity contribution in [1.29, 1.82) is 0 Å². The van der Waals surface area contributed by atoms with Gasteiger partial charge in [0.15, 0.2) is 5.78 Å². The molecular weight excluding hydrogens is 434 g/mol. The Morgan fingerprint density at radius 2 is 2.07 bits per heavy atom. The van der Waals surface area contributed by atoms with E-state index in [9.17, 15) is 9.59 Å². The van der Waals surface area contributed by atoms with Crippen LogP contribution in [0.2, 0.25) is 0 Å². The number of nitrogens with zero attached hydrogens (tertiary/aromatic N) is 3. The Hall–Kier alpha value is -2.74. The molecule has 0 fully saturated rings. The predicted molar refractivity (Wildman–Crippen MR) is 113 cm³/mol. The smallest absolute Gasteiger partial charge is 0.255 e. The topological polar surface area (TPSA) is 88.9 Å². The van der Waals surface area contributed by atoms with Crippen LogP contribution >= 0.6 is 15.9 Å². The second-order valence-electron chi connectivity index (χ2n) is 7.39. The lowest BCUT2D eigenvalue weighted by Crippen LogP contribution is -2.35. The monoisotopic (exact) mass is 455 g/mol. The summed E-state index contributed by atoms with van der Waals surface area (Å²) in [6.07, 6.45) is 5.51. The Kier molecular flexibility index (Phi) is 5.12. The maximum Gasteiger partial charge on any atom is 0.255 e. The van der Waals surface area contributed by atoms with Gasteiger partial charge in [-0.2, -0.15) is 5.10 Å². The fourth-order valence-corrected chi connectivity index (χ4v) is 4.26. The molecule has 0 saturated carbocycles. The zero-order valence-corrected chi connectivity index (χ0v) is 18.1. The number of ketones is 1. The Morgan fingerprint density at radius 3 is 2.72 bits per heavy atom. The van der Waals surface area contributed by atoms with Crippen molar-refractivity contribution in [2.45, 2.75) is 39.0 Å². The molecule has 0 saturated heterocycles. The van der Waals surface area contributed by atoms with E-state index in [0.29, 0.717) is 23.4 Å². The third-order valence-electron chi connectivity index (χ3n) is 5.57. The summed E-state index contributed by atoms with van der Waals surface area (Å²) in [5.41, 5.74) is 4.70. The van der Waals surface area contributed by atoms with Crippen LogP contribution in [-0.4, -0.2) is 26.5 Å². The van der Waals surface area contributed by atoms with Crippen molar-refractivity contribution in [3.8, 4) is 0 Å². The zero-order chi connectivity index (χ0) is 20.7. The highest BCUT2D eigenvalue weighted by Crippen LogP contribution is 2.43. The first-order valence-electron chi connectivity index (χ1n) is 9.52. The van der Waals surface area contributed by atoms with Crippen molar-refractivity contribution < 1.29 is 9.59 Å². The molecule has 0 bridgehead atoms. The van der Waals surface area contributed by atoms with Crippen molar-refractivity contribution in [2.24, 2.45) is 7.05 Å². The SMILES string of the molecule is CC1=C(C(=O)Nc2ccc(Br)cn2)C(c2cnn(C)c2C)C2=C(CCCC2=O)N1. The first-order chi connectivity index (χ1) is 13.9. The van der Waals surface area contributed by atoms with Crippen LogP contribution in [0.4, 0.5) is 5.82 Å². The van der Waals surface area contributed by atoms with Gasteiger partial charge in [-0.15, -0.1) is 0 Å². The predicted octanol–water partition coefficient (Wildman–Crippen LogP) is 3.49. The van der Waals surface area contributed by atoms with E-state index < -0.39 is 5.92 Å². The molecule has 1 aliphatic heterocycles. The Morgan fingerprint density at radius 1 is 1.28 bits per heavy atom.